The number of benzene rings is 1. The summed E-state index contributed by atoms with van der Waals surface area (Å²) in [6, 6.07) is 11.5. The molecule has 0 saturated carbocycles. The van der Waals surface area contributed by atoms with Crippen molar-refractivity contribution in [1.29, 1.82) is 0 Å². The smallest absolute Gasteiger partial charge is 0.219 e. The van der Waals surface area contributed by atoms with Crippen LogP contribution in [0.5, 0.6) is 17.4 Å². The number of halogens is 1. The van der Waals surface area contributed by atoms with Crippen LogP contribution in [-0.4, -0.2) is 41.6 Å². The number of hydrogen-bond acceptors (Lipinski definition) is 5. The Labute approximate surface area is 200 Å². The molecule has 1 aliphatic rings. The summed E-state index contributed by atoms with van der Waals surface area (Å²) in [6.45, 7) is 6.99. The summed E-state index contributed by atoms with van der Waals surface area (Å²) in [5.41, 5.74) is 1.03. The van der Waals surface area contributed by atoms with Crippen molar-refractivity contribution in [2.45, 2.75) is 38.5 Å². The van der Waals surface area contributed by atoms with Crippen LogP contribution in [0, 0.1) is 0 Å². The van der Waals surface area contributed by atoms with Gasteiger partial charge < -0.3 is 20.1 Å². The van der Waals surface area contributed by atoms with Gasteiger partial charge in [0.1, 0.15) is 0 Å². The van der Waals surface area contributed by atoms with Crippen molar-refractivity contribution in [3.63, 3.8) is 0 Å². The number of ether oxygens (including phenoxy) is 2. The summed E-state index contributed by atoms with van der Waals surface area (Å²) in [4.78, 5) is 9.10. The van der Waals surface area contributed by atoms with E-state index in [2.05, 4.69) is 27.5 Å². The molecular weight excluding hydrogens is 511 g/mol. The largest absolute Gasteiger partial charge is 0.490 e. The minimum absolute atomic E-state index is 0. The molecule has 0 radical (unpaired) electrons. The number of hydrogen-bond donors (Lipinski definition) is 2. The summed E-state index contributed by atoms with van der Waals surface area (Å²) >= 11 is 2.04. The van der Waals surface area contributed by atoms with Crippen molar-refractivity contribution in [2.75, 3.05) is 25.4 Å². The number of pyridine rings is 1. The van der Waals surface area contributed by atoms with E-state index in [1.165, 1.54) is 18.6 Å². The van der Waals surface area contributed by atoms with E-state index in [1.807, 2.05) is 55.1 Å². The highest BCUT2D eigenvalue weighted by atomic mass is 127. The van der Waals surface area contributed by atoms with Crippen LogP contribution in [0.25, 0.3) is 0 Å². The maximum absolute atomic E-state index is 5.88. The third-order valence-electron chi connectivity index (χ3n) is 4.45. The Bertz CT molecular complexity index is 783. The van der Waals surface area contributed by atoms with Gasteiger partial charge in [0.2, 0.25) is 5.88 Å². The molecule has 0 bridgehead atoms. The first-order valence-electron chi connectivity index (χ1n) is 10.3. The lowest BCUT2D eigenvalue weighted by atomic mass is 10.2. The molecule has 164 valence electrons. The molecule has 0 spiro atoms. The van der Waals surface area contributed by atoms with Gasteiger partial charge in [0.25, 0.3) is 0 Å². The molecular formula is C22H31IN4O2S. The van der Waals surface area contributed by atoms with E-state index in [0.717, 1.165) is 24.6 Å². The second kappa shape index (κ2) is 13.6. The molecule has 2 heterocycles. The first-order valence-corrected chi connectivity index (χ1v) is 11.3. The van der Waals surface area contributed by atoms with Gasteiger partial charge in [-0.3, -0.25) is 0 Å². The first-order chi connectivity index (χ1) is 14.3. The van der Waals surface area contributed by atoms with Gasteiger partial charge in [-0.05, 0) is 50.1 Å². The molecule has 1 aliphatic heterocycles. The molecule has 6 nitrogen and oxygen atoms in total. The molecule has 30 heavy (non-hydrogen) atoms. The summed E-state index contributed by atoms with van der Waals surface area (Å²) in [5.74, 6) is 4.04. The molecule has 1 aromatic heterocycles. The van der Waals surface area contributed by atoms with Gasteiger partial charge in [-0.1, -0.05) is 18.2 Å². The highest BCUT2D eigenvalue weighted by Gasteiger charge is 2.15. The van der Waals surface area contributed by atoms with Gasteiger partial charge in [-0.2, -0.15) is 11.8 Å². The zero-order valence-electron chi connectivity index (χ0n) is 17.6. The minimum Gasteiger partial charge on any atom is -0.490 e. The summed E-state index contributed by atoms with van der Waals surface area (Å²) in [7, 11) is 0. The van der Waals surface area contributed by atoms with Crippen LogP contribution in [0.2, 0.25) is 0 Å². The van der Waals surface area contributed by atoms with E-state index in [0.29, 0.717) is 35.8 Å². The standard InChI is InChI=1S/C22H30N4O2S.HI/c1-3-23-22(26-16-18-8-7-13-29-18)25-15-17-11-12-21(24-14-17)28-20-10-6-5-9-19(20)27-4-2;/h5-6,9-12,14,18H,3-4,7-8,13,15-16H2,1-2H3,(H2,23,25,26);1H. The van der Waals surface area contributed by atoms with E-state index < -0.39 is 0 Å². The first kappa shape index (κ1) is 24.6. The lowest BCUT2D eigenvalue weighted by Gasteiger charge is -2.14. The average Bonchev–Trinajstić information content (AvgIpc) is 3.26. The fourth-order valence-electron chi connectivity index (χ4n) is 3.01. The van der Waals surface area contributed by atoms with E-state index in [1.54, 1.807) is 6.20 Å². The number of para-hydroxylation sites is 2. The molecule has 0 aliphatic carbocycles. The van der Waals surface area contributed by atoms with Crippen LogP contribution in [0.3, 0.4) is 0 Å². The zero-order valence-corrected chi connectivity index (χ0v) is 20.7. The van der Waals surface area contributed by atoms with Crippen molar-refractivity contribution < 1.29 is 9.47 Å². The number of aliphatic imine (C=N–C) groups is 1. The summed E-state index contributed by atoms with van der Waals surface area (Å²) in [5, 5.41) is 7.46. The van der Waals surface area contributed by atoms with Crippen LogP contribution >= 0.6 is 35.7 Å². The Morgan fingerprint density at radius 3 is 2.67 bits per heavy atom. The fraction of sp³-hybridized carbons (Fsp3) is 0.455. The Kier molecular flexibility index (Phi) is 11.1. The number of aromatic nitrogens is 1. The summed E-state index contributed by atoms with van der Waals surface area (Å²) < 4.78 is 11.5. The minimum atomic E-state index is 0. The van der Waals surface area contributed by atoms with Gasteiger partial charge in [-0.25, -0.2) is 9.98 Å². The number of thioether (sulfide) groups is 1. The Hall–Kier alpha value is -1.68. The molecule has 8 heteroatoms. The van der Waals surface area contributed by atoms with Crippen LogP contribution in [-0.2, 0) is 6.54 Å². The number of nitrogens with one attached hydrogen (secondary N) is 2. The highest BCUT2D eigenvalue weighted by molar-refractivity contribution is 14.0. The fourth-order valence-corrected chi connectivity index (χ4v) is 4.22. The van der Waals surface area contributed by atoms with Crippen molar-refractivity contribution in [3.05, 3.63) is 48.2 Å². The normalized spacial score (nSPS) is 15.9. The SMILES string of the molecule is CCNC(=NCc1ccc(Oc2ccccc2OCC)nc1)NCC1CCCS1.I. The van der Waals surface area contributed by atoms with Crippen LogP contribution in [0.1, 0.15) is 32.3 Å². The molecule has 1 atom stereocenters. The van der Waals surface area contributed by atoms with Crippen LogP contribution in [0.15, 0.2) is 47.6 Å². The van der Waals surface area contributed by atoms with Gasteiger partial charge >= 0.3 is 0 Å². The number of rotatable bonds is 9. The van der Waals surface area contributed by atoms with Crippen LogP contribution in [0.4, 0.5) is 0 Å². The zero-order chi connectivity index (χ0) is 20.3. The van der Waals surface area contributed by atoms with Gasteiger partial charge in [0, 0.05) is 30.6 Å². The lowest BCUT2D eigenvalue weighted by molar-refractivity contribution is 0.319. The molecule has 1 unspecified atom stereocenters. The van der Waals surface area contributed by atoms with Crippen molar-refractivity contribution in [3.8, 4) is 17.4 Å². The van der Waals surface area contributed by atoms with E-state index in [-0.39, 0.29) is 24.0 Å². The maximum atomic E-state index is 5.88. The Balaban J connectivity index is 0.00000320. The monoisotopic (exact) mass is 542 g/mol. The predicted octanol–water partition coefficient (Wildman–Crippen LogP) is 4.84. The predicted molar refractivity (Wildman–Crippen MR) is 136 cm³/mol. The molecule has 3 rings (SSSR count). The van der Waals surface area contributed by atoms with Gasteiger partial charge in [0.05, 0.1) is 13.2 Å². The molecule has 2 N–H and O–H groups in total. The van der Waals surface area contributed by atoms with Crippen molar-refractivity contribution in [2.24, 2.45) is 4.99 Å². The molecule has 2 aromatic rings. The molecule has 1 fully saturated rings. The molecule has 1 saturated heterocycles. The number of guanidine groups is 1. The van der Waals surface area contributed by atoms with Gasteiger partial charge in [-0.15, -0.1) is 24.0 Å². The Morgan fingerprint density at radius 1 is 1.17 bits per heavy atom. The maximum Gasteiger partial charge on any atom is 0.219 e. The van der Waals surface area contributed by atoms with Crippen molar-refractivity contribution >= 4 is 41.7 Å². The van der Waals surface area contributed by atoms with E-state index in [9.17, 15) is 0 Å². The number of nitrogens with zero attached hydrogens (tertiary/aromatic N) is 2. The third-order valence-corrected chi connectivity index (χ3v) is 5.84. The second-order valence-corrected chi connectivity index (χ2v) is 8.11. The van der Waals surface area contributed by atoms with Crippen molar-refractivity contribution in [1.82, 2.24) is 15.6 Å². The highest BCUT2D eigenvalue weighted by Crippen LogP contribution is 2.30. The third kappa shape index (κ3) is 7.86. The molecule has 1 aromatic carbocycles. The quantitative estimate of drug-likeness (QED) is 0.269. The van der Waals surface area contributed by atoms with E-state index in [4.69, 9.17) is 9.47 Å². The Morgan fingerprint density at radius 2 is 2.00 bits per heavy atom. The topological polar surface area (TPSA) is 67.8 Å². The molecule has 0 amide bonds. The van der Waals surface area contributed by atoms with Gasteiger partial charge in [0.15, 0.2) is 17.5 Å². The average molecular weight is 542 g/mol. The summed E-state index contributed by atoms with van der Waals surface area (Å²) in [6.07, 6.45) is 4.41. The van der Waals surface area contributed by atoms with Crippen LogP contribution < -0.4 is 20.1 Å². The lowest BCUT2D eigenvalue weighted by Crippen LogP contribution is -2.40. The van der Waals surface area contributed by atoms with E-state index >= 15 is 0 Å². The second-order valence-electron chi connectivity index (χ2n) is 6.70.